The number of rotatable bonds is 6. The number of nitrogens with zero attached hydrogens (tertiary/aromatic N) is 3. The molecule has 1 fully saturated rings. The lowest BCUT2D eigenvalue weighted by molar-refractivity contribution is 0.0691. The molecule has 0 spiro atoms. The van der Waals surface area contributed by atoms with Gasteiger partial charge in [0.05, 0.1) is 12.1 Å². The number of carbonyl (C=O) groups is 1. The molecule has 0 aliphatic carbocycles. The first-order chi connectivity index (χ1) is 14.2. The maximum Gasteiger partial charge on any atom is 0.257 e. The SMILES string of the molecule is CNCC1CCN(C(=O)c2cn(Cc3ccccc3)nc2-c2ccccc2)CC1.Cl. The third-order valence-corrected chi connectivity index (χ3v) is 5.62. The van der Waals surface area contributed by atoms with E-state index in [2.05, 4.69) is 17.4 Å². The van der Waals surface area contributed by atoms with Crippen LogP contribution in [0.4, 0.5) is 0 Å². The van der Waals surface area contributed by atoms with Gasteiger partial charge in [0.1, 0.15) is 5.69 Å². The van der Waals surface area contributed by atoms with Crippen molar-refractivity contribution in [3.63, 3.8) is 0 Å². The largest absolute Gasteiger partial charge is 0.339 e. The van der Waals surface area contributed by atoms with Crippen molar-refractivity contribution in [3.8, 4) is 11.3 Å². The normalized spacial score (nSPS) is 14.4. The molecule has 0 saturated carbocycles. The highest BCUT2D eigenvalue weighted by molar-refractivity contribution is 5.99. The average Bonchev–Trinajstić information content (AvgIpc) is 3.19. The maximum atomic E-state index is 13.4. The third kappa shape index (κ3) is 5.10. The summed E-state index contributed by atoms with van der Waals surface area (Å²) in [5.41, 5.74) is 3.61. The lowest BCUT2D eigenvalue weighted by Gasteiger charge is -2.31. The van der Waals surface area contributed by atoms with Crippen LogP contribution in [0.3, 0.4) is 0 Å². The Hall–Kier alpha value is -2.63. The molecule has 1 aliphatic rings. The summed E-state index contributed by atoms with van der Waals surface area (Å²) >= 11 is 0. The van der Waals surface area contributed by atoms with Crippen LogP contribution in [0.5, 0.6) is 0 Å². The Balaban J connectivity index is 0.00000256. The number of piperidine rings is 1. The molecule has 5 nitrogen and oxygen atoms in total. The molecule has 3 aromatic rings. The van der Waals surface area contributed by atoms with Crippen molar-refractivity contribution >= 4 is 18.3 Å². The standard InChI is InChI=1S/C24H28N4O.ClH/c1-25-16-19-12-14-27(15-13-19)24(29)22-18-28(17-20-8-4-2-5-9-20)26-23(22)21-10-6-3-7-11-21;/h2-11,18-19,25H,12-17H2,1H3;1H. The molecule has 1 N–H and O–H groups in total. The van der Waals surface area contributed by atoms with Gasteiger partial charge in [0.15, 0.2) is 0 Å². The van der Waals surface area contributed by atoms with Gasteiger partial charge < -0.3 is 10.2 Å². The molecule has 1 saturated heterocycles. The number of hydrogen-bond acceptors (Lipinski definition) is 3. The molecule has 2 aromatic carbocycles. The quantitative estimate of drug-likeness (QED) is 0.648. The Bertz CT molecular complexity index is 934. The molecule has 0 unspecified atom stereocenters. The van der Waals surface area contributed by atoms with Crippen LogP contribution in [-0.2, 0) is 6.54 Å². The van der Waals surface area contributed by atoms with Gasteiger partial charge in [-0.3, -0.25) is 9.48 Å². The molecular weight excluding hydrogens is 396 g/mol. The van der Waals surface area contributed by atoms with Gasteiger partial charge >= 0.3 is 0 Å². The van der Waals surface area contributed by atoms with Crippen molar-refractivity contribution in [1.29, 1.82) is 0 Å². The second-order valence-corrected chi connectivity index (χ2v) is 7.73. The lowest BCUT2D eigenvalue weighted by atomic mass is 9.96. The number of amides is 1. The summed E-state index contributed by atoms with van der Waals surface area (Å²) in [5.74, 6) is 0.740. The van der Waals surface area contributed by atoms with E-state index in [0.717, 1.165) is 43.7 Å². The van der Waals surface area contributed by atoms with Crippen molar-refractivity contribution in [2.45, 2.75) is 19.4 Å². The van der Waals surface area contributed by atoms with Crippen LogP contribution >= 0.6 is 12.4 Å². The number of aromatic nitrogens is 2. The van der Waals surface area contributed by atoms with Gasteiger partial charge in [0.2, 0.25) is 0 Å². The fraction of sp³-hybridized carbons (Fsp3) is 0.333. The summed E-state index contributed by atoms with van der Waals surface area (Å²) in [6.07, 6.45) is 4.01. The van der Waals surface area contributed by atoms with Crippen molar-refractivity contribution in [3.05, 3.63) is 78.0 Å². The Labute approximate surface area is 184 Å². The minimum Gasteiger partial charge on any atom is -0.339 e. The fourth-order valence-corrected chi connectivity index (χ4v) is 4.04. The molecule has 0 bridgehead atoms. The van der Waals surface area contributed by atoms with Crippen LogP contribution < -0.4 is 5.32 Å². The molecular formula is C24H29ClN4O. The van der Waals surface area contributed by atoms with Gasteiger partial charge in [-0.25, -0.2) is 0 Å². The zero-order valence-corrected chi connectivity index (χ0v) is 18.1. The van der Waals surface area contributed by atoms with Crippen LogP contribution in [0.25, 0.3) is 11.3 Å². The van der Waals surface area contributed by atoms with Crippen LogP contribution in [0.2, 0.25) is 0 Å². The first kappa shape index (κ1) is 22.1. The molecule has 6 heteroatoms. The monoisotopic (exact) mass is 424 g/mol. The number of halogens is 1. The van der Waals surface area contributed by atoms with E-state index in [-0.39, 0.29) is 18.3 Å². The second kappa shape index (κ2) is 10.4. The van der Waals surface area contributed by atoms with Gasteiger partial charge in [0, 0.05) is 24.8 Å². The minimum atomic E-state index is 0. The van der Waals surface area contributed by atoms with E-state index in [1.165, 1.54) is 5.56 Å². The van der Waals surface area contributed by atoms with E-state index in [1.807, 2.05) is 71.4 Å². The number of hydrogen-bond donors (Lipinski definition) is 1. The molecule has 2 heterocycles. The zero-order valence-electron chi connectivity index (χ0n) is 17.3. The Morgan fingerprint density at radius 2 is 1.67 bits per heavy atom. The van der Waals surface area contributed by atoms with E-state index in [4.69, 9.17) is 5.10 Å². The topological polar surface area (TPSA) is 50.2 Å². The molecule has 158 valence electrons. The number of carbonyl (C=O) groups excluding carboxylic acids is 1. The summed E-state index contributed by atoms with van der Waals surface area (Å²) in [6, 6.07) is 20.2. The minimum absolute atomic E-state index is 0. The van der Waals surface area contributed by atoms with E-state index in [0.29, 0.717) is 18.0 Å². The molecule has 1 aromatic heterocycles. The molecule has 0 radical (unpaired) electrons. The highest BCUT2D eigenvalue weighted by Crippen LogP contribution is 2.26. The molecule has 1 aliphatic heterocycles. The molecule has 30 heavy (non-hydrogen) atoms. The van der Waals surface area contributed by atoms with Crippen LogP contribution in [0.1, 0.15) is 28.8 Å². The Morgan fingerprint density at radius 1 is 1.03 bits per heavy atom. The second-order valence-electron chi connectivity index (χ2n) is 7.73. The highest BCUT2D eigenvalue weighted by Gasteiger charge is 2.27. The van der Waals surface area contributed by atoms with Crippen molar-refractivity contribution in [1.82, 2.24) is 20.0 Å². The third-order valence-electron chi connectivity index (χ3n) is 5.62. The lowest BCUT2D eigenvalue weighted by Crippen LogP contribution is -2.40. The van der Waals surface area contributed by atoms with Crippen LogP contribution in [0.15, 0.2) is 66.9 Å². The molecule has 1 amide bonds. The summed E-state index contributed by atoms with van der Waals surface area (Å²) in [6.45, 7) is 3.29. The predicted octanol–water partition coefficient (Wildman–Crippen LogP) is 4.09. The summed E-state index contributed by atoms with van der Waals surface area (Å²) < 4.78 is 1.89. The van der Waals surface area contributed by atoms with E-state index in [9.17, 15) is 4.79 Å². The number of likely N-dealkylation sites (tertiary alicyclic amines) is 1. The first-order valence-electron chi connectivity index (χ1n) is 10.4. The zero-order chi connectivity index (χ0) is 20.1. The van der Waals surface area contributed by atoms with Gasteiger partial charge in [-0.15, -0.1) is 12.4 Å². The predicted molar refractivity (Wildman–Crippen MR) is 123 cm³/mol. The highest BCUT2D eigenvalue weighted by atomic mass is 35.5. The fourth-order valence-electron chi connectivity index (χ4n) is 4.04. The smallest absolute Gasteiger partial charge is 0.257 e. The van der Waals surface area contributed by atoms with Gasteiger partial charge in [-0.1, -0.05) is 60.7 Å². The molecule has 4 rings (SSSR count). The average molecular weight is 425 g/mol. The molecule has 0 atom stereocenters. The number of benzene rings is 2. The van der Waals surface area contributed by atoms with Crippen LogP contribution in [-0.4, -0.2) is 47.3 Å². The van der Waals surface area contributed by atoms with Gasteiger partial charge in [-0.2, -0.15) is 5.10 Å². The summed E-state index contributed by atoms with van der Waals surface area (Å²) in [4.78, 5) is 15.4. The summed E-state index contributed by atoms with van der Waals surface area (Å²) in [7, 11) is 1.99. The maximum absolute atomic E-state index is 13.4. The van der Waals surface area contributed by atoms with Crippen molar-refractivity contribution in [2.24, 2.45) is 5.92 Å². The van der Waals surface area contributed by atoms with Crippen molar-refractivity contribution in [2.75, 3.05) is 26.7 Å². The summed E-state index contributed by atoms with van der Waals surface area (Å²) in [5, 5.41) is 8.05. The van der Waals surface area contributed by atoms with Gasteiger partial charge in [-0.05, 0) is 37.9 Å². The Morgan fingerprint density at radius 3 is 2.30 bits per heavy atom. The van der Waals surface area contributed by atoms with E-state index in [1.54, 1.807) is 0 Å². The van der Waals surface area contributed by atoms with E-state index >= 15 is 0 Å². The van der Waals surface area contributed by atoms with E-state index < -0.39 is 0 Å². The first-order valence-corrected chi connectivity index (χ1v) is 10.4. The van der Waals surface area contributed by atoms with Gasteiger partial charge in [0.25, 0.3) is 5.91 Å². The Kier molecular flexibility index (Phi) is 7.66. The van der Waals surface area contributed by atoms with Crippen molar-refractivity contribution < 1.29 is 4.79 Å². The van der Waals surface area contributed by atoms with Crippen LogP contribution in [0, 0.1) is 5.92 Å². The number of nitrogens with one attached hydrogen (secondary N) is 1.